The van der Waals surface area contributed by atoms with Gasteiger partial charge in [0.1, 0.15) is 4.83 Å². The van der Waals surface area contributed by atoms with Gasteiger partial charge in [-0.1, -0.05) is 51.1 Å². The van der Waals surface area contributed by atoms with Crippen LogP contribution in [0.15, 0.2) is 36.4 Å². The molecule has 0 aliphatic rings. The molecule has 0 aliphatic heterocycles. The van der Waals surface area contributed by atoms with Gasteiger partial charge in [0.2, 0.25) is 0 Å². The molecule has 0 radical (unpaired) electrons. The first-order valence-electron chi connectivity index (χ1n) is 8.53. The summed E-state index contributed by atoms with van der Waals surface area (Å²) in [4.78, 5) is 14.6. The highest BCUT2D eigenvalue weighted by molar-refractivity contribution is 7.20. The highest BCUT2D eigenvalue weighted by Crippen LogP contribution is 2.31. The van der Waals surface area contributed by atoms with Gasteiger partial charge >= 0.3 is 0 Å². The number of carbonyl (C=O) groups is 1. The lowest BCUT2D eigenvalue weighted by atomic mass is 9.85. The zero-order valence-electron chi connectivity index (χ0n) is 15.5. The second-order valence-electron chi connectivity index (χ2n) is 7.74. The van der Waals surface area contributed by atoms with E-state index in [-0.39, 0.29) is 17.4 Å². The summed E-state index contributed by atoms with van der Waals surface area (Å²) in [5.74, 6) is -0.0151. The van der Waals surface area contributed by atoms with E-state index in [0.29, 0.717) is 0 Å². The topological polar surface area (TPSA) is 46.9 Å². The summed E-state index contributed by atoms with van der Waals surface area (Å²) < 4.78 is 1.84. The van der Waals surface area contributed by atoms with Gasteiger partial charge in [-0.3, -0.25) is 9.48 Å². The molecule has 1 atom stereocenters. The van der Waals surface area contributed by atoms with Crippen molar-refractivity contribution in [3.63, 3.8) is 0 Å². The third kappa shape index (κ3) is 3.93. The van der Waals surface area contributed by atoms with Gasteiger partial charge in [-0.25, -0.2) is 0 Å². The van der Waals surface area contributed by atoms with E-state index in [1.807, 2.05) is 42.9 Å². The number of thiophene rings is 1. The first-order valence-corrected chi connectivity index (χ1v) is 9.35. The standard InChI is InChI=1S/C20H25N3OS/c1-13-15-11-17(25-19(15)23(5)22-13)18(24)21-16(12-20(2,3)4)14-9-7-6-8-10-14/h6-11,16H,12H2,1-5H3,(H,21,24). The van der Waals surface area contributed by atoms with E-state index < -0.39 is 0 Å². The van der Waals surface area contributed by atoms with Crippen molar-refractivity contribution >= 4 is 27.5 Å². The van der Waals surface area contributed by atoms with E-state index in [1.54, 1.807) is 0 Å². The van der Waals surface area contributed by atoms with Crippen molar-refractivity contribution in [3.8, 4) is 0 Å². The number of fused-ring (bicyclic) bond motifs is 1. The second-order valence-corrected chi connectivity index (χ2v) is 8.77. The van der Waals surface area contributed by atoms with Gasteiger partial charge in [0.25, 0.3) is 5.91 Å². The first-order chi connectivity index (χ1) is 11.7. The van der Waals surface area contributed by atoms with Crippen LogP contribution in [-0.2, 0) is 7.05 Å². The molecule has 4 nitrogen and oxygen atoms in total. The van der Waals surface area contributed by atoms with Gasteiger partial charge < -0.3 is 5.32 Å². The molecular weight excluding hydrogens is 330 g/mol. The van der Waals surface area contributed by atoms with Gasteiger partial charge in [0, 0.05) is 12.4 Å². The quantitative estimate of drug-likeness (QED) is 0.727. The van der Waals surface area contributed by atoms with E-state index >= 15 is 0 Å². The molecule has 1 aromatic carbocycles. The van der Waals surface area contributed by atoms with Crippen molar-refractivity contribution in [2.75, 3.05) is 0 Å². The fraction of sp³-hybridized carbons (Fsp3) is 0.400. The number of aromatic nitrogens is 2. The summed E-state index contributed by atoms with van der Waals surface area (Å²) in [7, 11) is 1.92. The number of benzene rings is 1. The van der Waals surface area contributed by atoms with E-state index in [0.717, 1.165) is 32.8 Å². The highest BCUT2D eigenvalue weighted by atomic mass is 32.1. The van der Waals surface area contributed by atoms with Crippen molar-refractivity contribution < 1.29 is 4.79 Å². The van der Waals surface area contributed by atoms with Gasteiger partial charge in [0.15, 0.2) is 0 Å². The van der Waals surface area contributed by atoms with Crippen LogP contribution < -0.4 is 5.32 Å². The molecule has 0 bridgehead atoms. The van der Waals surface area contributed by atoms with Crippen LogP contribution in [0.2, 0.25) is 0 Å². The largest absolute Gasteiger partial charge is 0.345 e. The average Bonchev–Trinajstić information content (AvgIpc) is 3.08. The Balaban J connectivity index is 1.87. The number of hydrogen-bond acceptors (Lipinski definition) is 3. The molecule has 2 heterocycles. The normalized spacial score (nSPS) is 13.2. The summed E-state index contributed by atoms with van der Waals surface area (Å²) in [6, 6.07) is 12.2. The maximum absolute atomic E-state index is 12.9. The molecule has 1 N–H and O–H groups in total. The number of nitrogens with one attached hydrogen (secondary N) is 1. The van der Waals surface area contributed by atoms with Crippen LogP contribution in [-0.4, -0.2) is 15.7 Å². The Bertz CT molecular complexity index is 852. The summed E-state index contributed by atoms with van der Waals surface area (Å²) in [5.41, 5.74) is 2.22. The van der Waals surface area contributed by atoms with Gasteiger partial charge in [0.05, 0.1) is 16.6 Å². The number of rotatable bonds is 4. The zero-order chi connectivity index (χ0) is 18.2. The second kappa shape index (κ2) is 6.64. The lowest BCUT2D eigenvalue weighted by Gasteiger charge is -2.27. The summed E-state index contributed by atoms with van der Waals surface area (Å²) in [5, 5.41) is 8.70. The predicted octanol–water partition coefficient (Wildman–Crippen LogP) is 4.85. The summed E-state index contributed by atoms with van der Waals surface area (Å²) >= 11 is 1.50. The number of hydrogen-bond donors (Lipinski definition) is 1. The Morgan fingerprint density at radius 3 is 2.56 bits per heavy atom. The van der Waals surface area contributed by atoms with E-state index in [4.69, 9.17) is 0 Å². The smallest absolute Gasteiger partial charge is 0.261 e. The van der Waals surface area contributed by atoms with Crippen molar-refractivity contribution in [2.24, 2.45) is 12.5 Å². The minimum Gasteiger partial charge on any atom is -0.345 e. The highest BCUT2D eigenvalue weighted by Gasteiger charge is 2.23. The number of amides is 1. The van der Waals surface area contributed by atoms with Crippen LogP contribution in [0.3, 0.4) is 0 Å². The van der Waals surface area contributed by atoms with Crippen LogP contribution in [0.25, 0.3) is 10.2 Å². The molecule has 0 saturated carbocycles. The Morgan fingerprint density at radius 2 is 1.96 bits per heavy atom. The molecule has 3 rings (SSSR count). The van der Waals surface area contributed by atoms with Crippen LogP contribution in [0, 0.1) is 12.3 Å². The third-order valence-corrected chi connectivity index (χ3v) is 5.44. The summed E-state index contributed by atoms with van der Waals surface area (Å²) in [6.45, 7) is 8.57. The fourth-order valence-corrected chi connectivity index (χ4v) is 4.12. The van der Waals surface area contributed by atoms with Crippen molar-refractivity contribution in [3.05, 3.63) is 52.5 Å². The van der Waals surface area contributed by atoms with Crippen LogP contribution in [0.4, 0.5) is 0 Å². The van der Waals surface area contributed by atoms with Gasteiger partial charge in [-0.15, -0.1) is 11.3 Å². The molecule has 1 unspecified atom stereocenters. The van der Waals surface area contributed by atoms with E-state index in [9.17, 15) is 4.79 Å². The number of nitrogens with zero attached hydrogens (tertiary/aromatic N) is 2. The van der Waals surface area contributed by atoms with E-state index in [1.165, 1.54) is 11.3 Å². The minimum atomic E-state index is -0.0151. The SMILES string of the molecule is Cc1nn(C)c2sc(C(=O)NC(CC(C)(C)C)c3ccccc3)cc12. The molecule has 0 saturated heterocycles. The molecule has 0 aliphatic carbocycles. The molecule has 3 aromatic rings. The monoisotopic (exact) mass is 355 g/mol. The van der Waals surface area contributed by atoms with Crippen molar-refractivity contribution in [2.45, 2.75) is 40.2 Å². The predicted molar refractivity (Wildman–Crippen MR) is 104 cm³/mol. The summed E-state index contributed by atoms with van der Waals surface area (Å²) in [6.07, 6.45) is 0.883. The molecule has 132 valence electrons. The van der Waals surface area contributed by atoms with Crippen LogP contribution in [0.5, 0.6) is 0 Å². The molecule has 2 aromatic heterocycles. The number of aryl methyl sites for hydroxylation is 2. The molecule has 0 spiro atoms. The Morgan fingerprint density at radius 1 is 1.28 bits per heavy atom. The fourth-order valence-electron chi connectivity index (χ4n) is 3.10. The van der Waals surface area contributed by atoms with Crippen LogP contribution >= 0.6 is 11.3 Å². The molecule has 25 heavy (non-hydrogen) atoms. The first kappa shape index (κ1) is 17.7. The molecule has 0 fully saturated rings. The zero-order valence-corrected chi connectivity index (χ0v) is 16.3. The van der Waals surface area contributed by atoms with Crippen LogP contribution in [0.1, 0.15) is 54.2 Å². The molecular formula is C20H25N3OS. The molecule has 5 heteroatoms. The lowest BCUT2D eigenvalue weighted by Crippen LogP contribution is -2.30. The third-order valence-electron chi connectivity index (χ3n) is 4.24. The van der Waals surface area contributed by atoms with E-state index in [2.05, 4.69) is 43.3 Å². The Labute approximate surface area is 152 Å². The van der Waals surface area contributed by atoms with Gasteiger partial charge in [-0.2, -0.15) is 5.10 Å². The Kier molecular flexibility index (Phi) is 4.69. The molecule has 1 amide bonds. The lowest BCUT2D eigenvalue weighted by molar-refractivity contribution is 0.0930. The minimum absolute atomic E-state index is 0.00173. The maximum atomic E-state index is 12.9. The van der Waals surface area contributed by atoms with Gasteiger partial charge in [-0.05, 0) is 30.4 Å². The Hall–Kier alpha value is -2.14. The van der Waals surface area contributed by atoms with Crippen molar-refractivity contribution in [1.29, 1.82) is 0 Å². The van der Waals surface area contributed by atoms with Crippen molar-refractivity contribution in [1.82, 2.24) is 15.1 Å². The maximum Gasteiger partial charge on any atom is 0.261 e. The number of carbonyl (C=O) groups excluding carboxylic acids is 1. The average molecular weight is 356 g/mol.